The van der Waals surface area contributed by atoms with Gasteiger partial charge in [-0.1, -0.05) is 86.6 Å². The first-order valence-corrected chi connectivity index (χ1v) is 20.0. The van der Waals surface area contributed by atoms with Crippen LogP contribution in [0.2, 0.25) is 0 Å². The van der Waals surface area contributed by atoms with E-state index in [1.807, 2.05) is 20.8 Å². The van der Waals surface area contributed by atoms with Gasteiger partial charge in [-0.05, 0) is 59.4 Å². The van der Waals surface area contributed by atoms with E-state index in [0.29, 0.717) is 34.6 Å². The number of thiophene rings is 1. The molecule has 0 bridgehead atoms. The van der Waals surface area contributed by atoms with Gasteiger partial charge in [-0.25, -0.2) is 17.9 Å². The van der Waals surface area contributed by atoms with Crippen LogP contribution < -0.4 is 5.32 Å². The summed E-state index contributed by atoms with van der Waals surface area (Å²) in [6, 6.07) is 23.1. The Morgan fingerprint density at radius 1 is 0.911 bits per heavy atom. The fourth-order valence-corrected chi connectivity index (χ4v) is 9.24. The van der Waals surface area contributed by atoms with Gasteiger partial charge in [0.05, 0.1) is 48.7 Å². The highest BCUT2D eigenvalue weighted by Gasteiger charge is 2.46. The summed E-state index contributed by atoms with van der Waals surface area (Å²) in [6.45, 7) is 5.01. The van der Waals surface area contributed by atoms with E-state index in [-0.39, 0.29) is 26.6 Å². The molecule has 2 aromatic heterocycles. The molecule has 1 amide bonds. The number of nitrogens with zero attached hydrogens (tertiary/aromatic N) is 4. The summed E-state index contributed by atoms with van der Waals surface area (Å²) in [5.41, 5.74) is 1.40. The first kappa shape index (κ1) is 42.2. The zero-order chi connectivity index (χ0) is 40.7. The normalized spacial score (nSPS) is 14.0. The van der Waals surface area contributed by atoms with E-state index in [0.717, 1.165) is 11.4 Å². The molecule has 3 aromatic carbocycles. The van der Waals surface area contributed by atoms with Crippen LogP contribution in [-0.4, -0.2) is 77.2 Å². The minimum absolute atomic E-state index is 0.0441. The van der Waals surface area contributed by atoms with Crippen LogP contribution in [0.4, 0.5) is 18.0 Å². The molecule has 11 nitrogen and oxygen atoms in total. The molecule has 0 spiro atoms. The second-order valence-electron chi connectivity index (χ2n) is 14.4. The van der Waals surface area contributed by atoms with E-state index in [9.17, 15) is 23.1 Å². The third-order valence-electron chi connectivity index (χ3n) is 9.31. The first-order chi connectivity index (χ1) is 26.5. The average Bonchev–Trinajstić information content (AvgIpc) is 3.89. The lowest BCUT2D eigenvalue weighted by molar-refractivity contribution is -0.156. The van der Waals surface area contributed by atoms with Gasteiger partial charge in [0.25, 0.3) is 0 Å². The minimum Gasteiger partial charge on any atom is -0.453 e. The third kappa shape index (κ3) is 10.3. The number of alkyl halides is 3. The number of hydrogen-bond donors (Lipinski definition) is 2. The van der Waals surface area contributed by atoms with Crippen molar-refractivity contribution < 1.29 is 41.0 Å². The smallest absolute Gasteiger partial charge is 0.407 e. The lowest BCUT2D eigenvalue weighted by atomic mass is 9.81. The predicted molar refractivity (Wildman–Crippen MR) is 206 cm³/mol. The number of carbonyl (C=O) groups excluding carboxylic acids is 2. The Morgan fingerprint density at radius 2 is 1.50 bits per heavy atom. The molecule has 0 aliphatic carbocycles. The molecule has 3 atom stereocenters. The number of Topliss-reactive ketones (excluding diaryl/α,β-unsaturated/α-hetero) is 1. The van der Waals surface area contributed by atoms with Crippen molar-refractivity contribution in [3.05, 3.63) is 130 Å². The molecule has 16 heteroatoms. The number of benzene rings is 3. The predicted octanol–water partition coefficient (Wildman–Crippen LogP) is 7.65. The summed E-state index contributed by atoms with van der Waals surface area (Å²) in [5.74, 6) is -4.07. The highest BCUT2D eigenvalue weighted by atomic mass is 32.2. The Balaban J connectivity index is 1.50. The van der Waals surface area contributed by atoms with Crippen LogP contribution in [0, 0.1) is 5.41 Å². The minimum atomic E-state index is -4.92. The molecule has 0 aliphatic rings. The number of hydrogen-bond acceptors (Lipinski definition) is 9. The van der Waals surface area contributed by atoms with E-state index in [2.05, 4.69) is 15.6 Å². The fraction of sp³-hybridized carbons (Fsp3) is 0.350. The summed E-state index contributed by atoms with van der Waals surface area (Å²) in [5, 5.41) is 20.9. The van der Waals surface area contributed by atoms with Gasteiger partial charge in [0.2, 0.25) is 10.0 Å². The van der Waals surface area contributed by atoms with Gasteiger partial charge in [-0.15, -0.1) is 16.4 Å². The van der Waals surface area contributed by atoms with Gasteiger partial charge >= 0.3 is 12.3 Å². The largest absolute Gasteiger partial charge is 0.453 e. The first-order valence-electron chi connectivity index (χ1n) is 17.8. The number of methoxy groups -OCH3 is 1. The van der Waals surface area contributed by atoms with Crippen LogP contribution in [0.25, 0.3) is 5.69 Å². The molecule has 2 N–H and O–H groups in total. The highest BCUT2D eigenvalue weighted by molar-refractivity contribution is 7.89. The van der Waals surface area contributed by atoms with Crippen LogP contribution in [0.15, 0.2) is 114 Å². The van der Waals surface area contributed by atoms with E-state index < -0.39 is 65.0 Å². The van der Waals surface area contributed by atoms with Crippen molar-refractivity contribution >= 4 is 33.2 Å². The number of sulfonamides is 1. The number of halogens is 3. The summed E-state index contributed by atoms with van der Waals surface area (Å²) in [6.07, 6.45) is -3.50. The maximum absolute atomic E-state index is 15.0. The average molecular weight is 812 g/mol. The van der Waals surface area contributed by atoms with Crippen LogP contribution in [-0.2, 0) is 19.6 Å². The molecule has 0 saturated heterocycles. The van der Waals surface area contributed by atoms with Gasteiger partial charge in [0.1, 0.15) is 6.04 Å². The zero-order valence-electron chi connectivity index (χ0n) is 31.3. The topological polar surface area (TPSA) is 144 Å². The van der Waals surface area contributed by atoms with Crippen molar-refractivity contribution in [2.45, 2.75) is 68.6 Å². The number of aromatic nitrogens is 3. The van der Waals surface area contributed by atoms with Gasteiger partial charge in [0, 0.05) is 28.6 Å². The van der Waals surface area contributed by atoms with E-state index in [1.54, 1.807) is 79.0 Å². The maximum Gasteiger partial charge on any atom is 0.407 e. The number of amides is 1. The summed E-state index contributed by atoms with van der Waals surface area (Å²) in [4.78, 5) is 26.6. The van der Waals surface area contributed by atoms with E-state index in [1.165, 1.54) is 35.1 Å². The van der Waals surface area contributed by atoms with Crippen molar-refractivity contribution in [3.8, 4) is 5.69 Å². The Morgan fingerprint density at radius 3 is 2.00 bits per heavy atom. The second kappa shape index (κ2) is 17.9. The van der Waals surface area contributed by atoms with Crippen molar-refractivity contribution in [1.82, 2.24) is 24.6 Å². The zero-order valence-corrected chi connectivity index (χ0v) is 32.9. The van der Waals surface area contributed by atoms with E-state index in [4.69, 9.17) is 4.74 Å². The standard InChI is InChI=1S/C40H44F3N5O6S2/c1-39(2,3)21-23-48(56(52,53)30-17-15-29(16-18-30)47-24-22-44-46-47)32(26-49)35-20-19-34(55-35)31(40(41,42)43)25-33(50)37(45-38(51)54-4)36(27-11-7-5-8-12-27)28-13-9-6-10-14-28/h5-20,22,24,31-32,36-37,49H,21,23,25-26H2,1-4H3,(H,45,51)/t31-,32-,37-/m1/s1. The monoisotopic (exact) mass is 811 g/mol. The molecule has 298 valence electrons. The molecular formula is C40H44F3N5O6S2. The maximum atomic E-state index is 15.0. The molecule has 56 heavy (non-hydrogen) atoms. The summed E-state index contributed by atoms with van der Waals surface area (Å²) in [7, 11) is -3.21. The van der Waals surface area contributed by atoms with Crippen LogP contribution >= 0.6 is 11.3 Å². The van der Waals surface area contributed by atoms with Gasteiger partial charge in [0.15, 0.2) is 5.78 Å². The Hall–Kier alpha value is -4.90. The molecule has 0 aliphatic heterocycles. The Labute approximate surface area is 328 Å². The number of carbonyl (C=O) groups is 2. The number of aliphatic hydroxyl groups excluding tert-OH is 1. The lowest BCUT2D eigenvalue weighted by Crippen LogP contribution is -2.46. The van der Waals surface area contributed by atoms with Gasteiger partial charge < -0.3 is 15.2 Å². The molecule has 0 saturated carbocycles. The van der Waals surface area contributed by atoms with Crippen molar-refractivity contribution in [1.29, 1.82) is 0 Å². The van der Waals surface area contributed by atoms with Crippen molar-refractivity contribution in [3.63, 3.8) is 0 Å². The molecule has 5 aromatic rings. The molecule has 0 unspecified atom stereocenters. The molecule has 2 heterocycles. The van der Waals surface area contributed by atoms with E-state index >= 15 is 13.2 Å². The molecule has 5 rings (SSSR count). The lowest BCUT2D eigenvalue weighted by Gasteiger charge is -2.32. The van der Waals surface area contributed by atoms with Crippen LogP contribution in [0.5, 0.6) is 0 Å². The highest BCUT2D eigenvalue weighted by Crippen LogP contribution is 2.44. The number of ether oxygens (including phenoxy) is 1. The Kier molecular flexibility index (Phi) is 13.5. The van der Waals surface area contributed by atoms with Crippen LogP contribution in [0.3, 0.4) is 0 Å². The molecule has 0 fully saturated rings. The number of alkyl carbamates (subject to hydrolysis) is 1. The summed E-state index contributed by atoms with van der Waals surface area (Å²) < 4.78 is 81.0. The summed E-state index contributed by atoms with van der Waals surface area (Å²) >= 11 is 0.679. The number of rotatable bonds is 16. The second-order valence-corrected chi connectivity index (χ2v) is 17.4. The fourth-order valence-electron chi connectivity index (χ4n) is 6.34. The van der Waals surface area contributed by atoms with Crippen molar-refractivity contribution in [2.24, 2.45) is 5.41 Å². The van der Waals surface area contributed by atoms with Crippen LogP contribution in [0.1, 0.15) is 72.4 Å². The number of aliphatic hydroxyl groups is 1. The molecular weight excluding hydrogens is 768 g/mol. The van der Waals surface area contributed by atoms with Gasteiger partial charge in [-0.2, -0.15) is 17.5 Å². The number of nitrogens with one attached hydrogen (secondary N) is 1. The third-order valence-corrected chi connectivity index (χ3v) is 12.5. The van der Waals surface area contributed by atoms with Gasteiger partial charge in [-0.3, -0.25) is 4.79 Å². The quantitative estimate of drug-likeness (QED) is 0.104. The SMILES string of the molecule is COC(=O)N[C@H](C(=O)C[C@H](c1ccc([C@@H](CO)N(CCC(C)(C)C)S(=O)(=O)c2ccc(-n3ccnn3)cc2)s1)C(F)(F)F)C(c1ccccc1)c1ccccc1. The number of ketones is 1. The Bertz CT molecular complexity index is 2100. The molecule has 0 radical (unpaired) electrons. The van der Waals surface area contributed by atoms with Crippen molar-refractivity contribution in [2.75, 3.05) is 20.3 Å².